The van der Waals surface area contributed by atoms with Crippen molar-refractivity contribution in [2.45, 2.75) is 57.4 Å². The van der Waals surface area contributed by atoms with Gasteiger partial charge in [0.2, 0.25) is 5.91 Å². The second-order valence-corrected chi connectivity index (χ2v) is 8.02. The van der Waals surface area contributed by atoms with Crippen LogP contribution in [0.15, 0.2) is 0 Å². The van der Waals surface area contributed by atoms with Crippen LogP contribution in [-0.2, 0) is 4.79 Å². The van der Waals surface area contributed by atoms with Gasteiger partial charge < -0.3 is 10.2 Å². The number of carbonyl (C=O) groups excluding carboxylic acids is 1. The lowest BCUT2D eigenvalue weighted by atomic mass is 9.68. The number of likely N-dealkylation sites (tertiary alicyclic amines) is 1. The van der Waals surface area contributed by atoms with Gasteiger partial charge in [0.15, 0.2) is 0 Å². The van der Waals surface area contributed by atoms with Crippen LogP contribution in [0.3, 0.4) is 0 Å². The maximum Gasteiger partial charge on any atom is 0.224 e. The Morgan fingerprint density at radius 2 is 1.90 bits per heavy atom. The molecule has 1 amide bonds. The summed E-state index contributed by atoms with van der Waals surface area (Å²) in [6.07, 6.45) is 10.3. The first-order valence-electron chi connectivity index (χ1n) is 8.36. The summed E-state index contributed by atoms with van der Waals surface area (Å²) in [5.41, 5.74) is 0.605. The molecule has 0 aromatic rings. The first-order chi connectivity index (χ1) is 9.77. The Kier molecular flexibility index (Phi) is 4.92. The lowest BCUT2D eigenvalue weighted by molar-refractivity contribution is -0.134. The van der Waals surface area contributed by atoms with E-state index in [1.807, 2.05) is 11.8 Å². The summed E-state index contributed by atoms with van der Waals surface area (Å²) in [6.45, 7) is 3.09. The molecule has 0 aromatic carbocycles. The van der Waals surface area contributed by atoms with Crippen LogP contribution in [0.4, 0.5) is 0 Å². The highest BCUT2D eigenvalue weighted by atomic mass is 32.2. The number of piperidine rings is 1. The van der Waals surface area contributed by atoms with Crippen molar-refractivity contribution in [2.75, 3.05) is 31.1 Å². The second-order valence-electron chi connectivity index (χ2n) is 6.87. The van der Waals surface area contributed by atoms with Gasteiger partial charge in [-0.2, -0.15) is 11.8 Å². The minimum atomic E-state index is 0.385. The van der Waals surface area contributed by atoms with Gasteiger partial charge in [-0.25, -0.2) is 0 Å². The van der Waals surface area contributed by atoms with E-state index >= 15 is 0 Å². The summed E-state index contributed by atoms with van der Waals surface area (Å²) in [5.74, 6) is 2.68. The van der Waals surface area contributed by atoms with Crippen molar-refractivity contribution >= 4 is 17.7 Å². The van der Waals surface area contributed by atoms with Crippen molar-refractivity contribution in [1.82, 2.24) is 10.2 Å². The van der Waals surface area contributed by atoms with Gasteiger partial charge >= 0.3 is 0 Å². The van der Waals surface area contributed by atoms with E-state index in [0.717, 1.165) is 25.4 Å². The number of hydrogen-bond donors (Lipinski definition) is 1. The molecule has 2 saturated heterocycles. The van der Waals surface area contributed by atoms with Crippen LogP contribution < -0.4 is 5.32 Å². The topological polar surface area (TPSA) is 32.3 Å². The van der Waals surface area contributed by atoms with E-state index in [1.165, 1.54) is 50.7 Å². The molecule has 1 aliphatic carbocycles. The zero-order valence-electron chi connectivity index (χ0n) is 12.5. The van der Waals surface area contributed by atoms with Gasteiger partial charge in [-0.15, -0.1) is 0 Å². The van der Waals surface area contributed by atoms with Crippen LogP contribution in [0.2, 0.25) is 0 Å². The van der Waals surface area contributed by atoms with Crippen molar-refractivity contribution in [3.63, 3.8) is 0 Å². The molecule has 3 aliphatic rings. The number of thioether (sulfide) groups is 1. The maximum atomic E-state index is 12.4. The number of carbonyl (C=O) groups is 1. The molecule has 0 radical (unpaired) electrons. The fourth-order valence-electron chi connectivity index (χ4n) is 4.12. The van der Waals surface area contributed by atoms with Gasteiger partial charge in [0.1, 0.15) is 0 Å². The number of nitrogens with zero attached hydrogens (tertiary/aromatic N) is 1. The summed E-state index contributed by atoms with van der Waals surface area (Å²) >= 11 is 1.98. The minimum Gasteiger partial charge on any atom is -0.343 e. The van der Waals surface area contributed by atoms with Gasteiger partial charge in [0.25, 0.3) is 0 Å². The highest BCUT2D eigenvalue weighted by molar-refractivity contribution is 7.99. The molecule has 2 aliphatic heterocycles. The molecule has 1 atom stereocenters. The number of amides is 1. The molecule has 0 bridgehead atoms. The number of hydrogen-bond acceptors (Lipinski definition) is 3. The van der Waals surface area contributed by atoms with Crippen molar-refractivity contribution < 1.29 is 4.79 Å². The zero-order chi connectivity index (χ0) is 13.8. The van der Waals surface area contributed by atoms with Crippen molar-refractivity contribution in [2.24, 2.45) is 5.41 Å². The maximum absolute atomic E-state index is 12.4. The lowest BCUT2D eigenvalue weighted by Crippen LogP contribution is -2.47. The molecule has 20 heavy (non-hydrogen) atoms. The van der Waals surface area contributed by atoms with Gasteiger partial charge in [0.05, 0.1) is 0 Å². The average molecular weight is 296 g/mol. The molecule has 0 aromatic heterocycles. The van der Waals surface area contributed by atoms with Crippen LogP contribution in [0, 0.1) is 5.41 Å². The molecule has 1 N–H and O–H groups in total. The molecule has 3 nitrogen and oxygen atoms in total. The fraction of sp³-hybridized carbons (Fsp3) is 0.938. The predicted molar refractivity (Wildman–Crippen MR) is 85.1 cm³/mol. The predicted octanol–water partition coefficient (Wildman–Crippen LogP) is 2.65. The lowest BCUT2D eigenvalue weighted by Gasteiger charge is -2.44. The Balaban J connectivity index is 1.46. The molecular formula is C16H28N2OS. The Bertz CT molecular complexity index is 325. The highest BCUT2D eigenvalue weighted by Gasteiger charge is 2.36. The first-order valence-corrected chi connectivity index (χ1v) is 9.52. The van der Waals surface area contributed by atoms with E-state index < -0.39 is 0 Å². The highest BCUT2D eigenvalue weighted by Crippen LogP contribution is 2.44. The molecule has 4 heteroatoms. The van der Waals surface area contributed by atoms with E-state index in [1.54, 1.807) is 0 Å². The molecule has 3 fully saturated rings. The number of nitrogens with one attached hydrogen (secondary N) is 1. The van der Waals surface area contributed by atoms with E-state index in [2.05, 4.69) is 10.2 Å². The molecule has 1 saturated carbocycles. The fourth-order valence-corrected chi connectivity index (χ4v) is 5.07. The van der Waals surface area contributed by atoms with Crippen LogP contribution in [0.1, 0.15) is 51.4 Å². The number of rotatable bonds is 2. The molecule has 114 valence electrons. The minimum absolute atomic E-state index is 0.385. The van der Waals surface area contributed by atoms with Gasteiger partial charge in [-0.1, -0.05) is 19.3 Å². The largest absolute Gasteiger partial charge is 0.343 e. The quantitative estimate of drug-likeness (QED) is 0.850. The van der Waals surface area contributed by atoms with Gasteiger partial charge in [0, 0.05) is 43.6 Å². The third-order valence-corrected chi connectivity index (χ3v) is 6.64. The zero-order valence-corrected chi connectivity index (χ0v) is 13.3. The molecule has 1 unspecified atom stereocenters. The monoisotopic (exact) mass is 296 g/mol. The van der Waals surface area contributed by atoms with Gasteiger partial charge in [-0.3, -0.25) is 4.79 Å². The van der Waals surface area contributed by atoms with Crippen molar-refractivity contribution in [3.8, 4) is 0 Å². The van der Waals surface area contributed by atoms with Crippen LogP contribution >= 0.6 is 11.8 Å². The van der Waals surface area contributed by atoms with E-state index in [0.29, 0.717) is 23.8 Å². The van der Waals surface area contributed by atoms with E-state index in [-0.39, 0.29) is 0 Å². The third kappa shape index (κ3) is 3.51. The van der Waals surface area contributed by atoms with Crippen LogP contribution in [0.25, 0.3) is 0 Å². The summed E-state index contributed by atoms with van der Waals surface area (Å²) in [6, 6.07) is 0.409. The average Bonchev–Trinajstić information content (AvgIpc) is 2.50. The Morgan fingerprint density at radius 3 is 2.55 bits per heavy atom. The summed E-state index contributed by atoms with van der Waals surface area (Å²) in [4.78, 5) is 14.6. The first kappa shape index (κ1) is 14.7. The van der Waals surface area contributed by atoms with Crippen LogP contribution in [-0.4, -0.2) is 48.0 Å². The summed E-state index contributed by atoms with van der Waals surface area (Å²) in [5, 5.41) is 3.48. The second kappa shape index (κ2) is 6.69. The van der Waals surface area contributed by atoms with Gasteiger partial charge in [-0.05, 0) is 31.1 Å². The molecule has 2 heterocycles. The van der Waals surface area contributed by atoms with Crippen molar-refractivity contribution in [3.05, 3.63) is 0 Å². The van der Waals surface area contributed by atoms with Crippen molar-refractivity contribution in [1.29, 1.82) is 0 Å². The molecule has 1 spiro atoms. The smallest absolute Gasteiger partial charge is 0.224 e. The van der Waals surface area contributed by atoms with Crippen LogP contribution in [0.5, 0.6) is 0 Å². The Morgan fingerprint density at radius 1 is 1.15 bits per heavy atom. The molecular weight excluding hydrogens is 268 g/mol. The van der Waals surface area contributed by atoms with E-state index in [9.17, 15) is 4.79 Å². The summed E-state index contributed by atoms with van der Waals surface area (Å²) in [7, 11) is 0. The standard InChI is InChI=1S/C16H28N2OS/c19-15(12-14-13-20-11-8-17-14)18-9-6-16(7-10-18)4-2-1-3-5-16/h14,17H,1-13H2. The normalized spacial score (nSPS) is 30.4. The third-order valence-electron chi connectivity index (χ3n) is 5.51. The van der Waals surface area contributed by atoms with E-state index in [4.69, 9.17) is 0 Å². The Labute approximate surface area is 127 Å². The summed E-state index contributed by atoms with van der Waals surface area (Å²) < 4.78 is 0. The SMILES string of the molecule is O=C(CC1CSCCN1)N1CCC2(CCCCC2)CC1. The Hall–Kier alpha value is -0.220. The molecule has 3 rings (SSSR count).